The van der Waals surface area contributed by atoms with Crippen molar-refractivity contribution in [2.24, 2.45) is 13.0 Å². The maximum absolute atomic E-state index is 5.59. The summed E-state index contributed by atoms with van der Waals surface area (Å²) in [4.78, 5) is 2.52. The zero-order valence-corrected chi connectivity index (χ0v) is 12.5. The van der Waals surface area contributed by atoms with Gasteiger partial charge in [0, 0.05) is 20.1 Å². The predicted octanol–water partition coefficient (Wildman–Crippen LogP) is 3.40. The maximum atomic E-state index is 5.59. The second-order valence-corrected chi connectivity index (χ2v) is 6.07. The molecule has 2 heterocycles. The van der Waals surface area contributed by atoms with E-state index in [1.165, 1.54) is 37.0 Å². The molecule has 1 fully saturated rings. The number of para-hydroxylation sites is 2. The fourth-order valence-electron chi connectivity index (χ4n) is 2.90. The van der Waals surface area contributed by atoms with Crippen molar-refractivity contribution in [3.63, 3.8) is 0 Å². The Morgan fingerprint density at radius 1 is 1.16 bits per heavy atom. The highest BCUT2D eigenvalue weighted by Gasteiger charge is 2.17. The zero-order valence-electron chi connectivity index (χ0n) is 11.7. The fraction of sp³-hybridized carbons (Fsp3) is 0.533. The lowest BCUT2D eigenvalue weighted by molar-refractivity contribution is 0.155. The molecule has 1 aliphatic heterocycles. The first-order chi connectivity index (χ1) is 9.16. The Labute approximate surface area is 119 Å². The first kappa shape index (κ1) is 12.9. The van der Waals surface area contributed by atoms with Crippen LogP contribution in [0.25, 0.3) is 11.0 Å². The van der Waals surface area contributed by atoms with Crippen molar-refractivity contribution in [2.75, 3.05) is 13.1 Å². The lowest BCUT2D eigenvalue weighted by Crippen LogP contribution is -2.34. The third-order valence-electron chi connectivity index (χ3n) is 4.27. The molecule has 0 amide bonds. The first-order valence-electron chi connectivity index (χ1n) is 7.03. The molecule has 3 rings (SSSR count). The summed E-state index contributed by atoms with van der Waals surface area (Å²) in [6, 6.07) is 8.47. The third-order valence-corrected chi connectivity index (χ3v) is 4.76. The summed E-state index contributed by atoms with van der Waals surface area (Å²) in [5.74, 6) is 0.872. The number of piperidine rings is 1. The van der Waals surface area contributed by atoms with Gasteiger partial charge in [0.25, 0.3) is 0 Å². The van der Waals surface area contributed by atoms with Crippen molar-refractivity contribution >= 4 is 23.3 Å². The van der Waals surface area contributed by atoms with E-state index >= 15 is 0 Å². The van der Waals surface area contributed by atoms with Crippen LogP contribution < -0.4 is 0 Å². The molecule has 4 heteroatoms. The molecule has 0 atom stereocenters. The van der Waals surface area contributed by atoms with Gasteiger partial charge in [-0.1, -0.05) is 19.1 Å². The van der Waals surface area contributed by atoms with Gasteiger partial charge in [0.1, 0.15) is 0 Å². The number of likely N-dealkylation sites (tertiary alicyclic amines) is 1. The monoisotopic (exact) mass is 275 g/mol. The smallest absolute Gasteiger partial charge is 0.181 e. The van der Waals surface area contributed by atoms with Crippen LogP contribution in [0, 0.1) is 10.7 Å². The minimum absolute atomic E-state index is 0.872. The van der Waals surface area contributed by atoms with E-state index < -0.39 is 0 Å². The van der Waals surface area contributed by atoms with Gasteiger partial charge in [-0.05, 0) is 43.1 Å². The zero-order chi connectivity index (χ0) is 13.4. The Morgan fingerprint density at radius 3 is 2.47 bits per heavy atom. The van der Waals surface area contributed by atoms with Crippen molar-refractivity contribution in [3.05, 3.63) is 29.0 Å². The molecule has 0 unspecified atom stereocenters. The summed E-state index contributed by atoms with van der Waals surface area (Å²) >= 11 is 5.59. The maximum Gasteiger partial charge on any atom is 0.181 e. The van der Waals surface area contributed by atoms with Crippen LogP contribution in [0.5, 0.6) is 0 Å². The van der Waals surface area contributed by atoms with E-state index in [1.807, 2.05) is 0 Å². The summed E-state index contributed by atoms with van der Waals surface area (Å²) in [7, 11) is 2.06. The molecule has 1 aromatic heterocycles. The molecule has 1 saturated heterocycles. The van der Waals surface area contributed by atoms with Crippen LogP contribution >= 0.6 is 12.2 Å². The van der Waals surface area contributed by atoms with Gasteiger partial charge in [-0.2, -0.15) is 0 Å². The van der Waals surface area contributed by atoms with Gasteiger partial charge in [-0.3, -0.25) is 4.90 Å². The van der Waals surface area contributed by atoms with E-state index in [0.29, 0.717) is 0 Å². The Morgan fingerprint density at radius 2 is 1.79 bits per heavy atom. The molecule has 3 nitrogen and oxygen atoms in total. The quantitative estimate of drug-likeness (QED) is 0.779. The highest BCUT2D eigenvalue weighted by atomic mass is 32.1. The summed E-state index contributed by atoms with van der Waals surface area (Å²) < 4.78 is 5.29. The number of nitrogens with zero attached hydrogens (tertiary/aromatic N) is 3. The van der Waals surface area contributed by atoms with Gasteiger partial charge < -0.3 is 9.13 Å². The molecule has 1 aliphatic rings. The minimum atomic E-state index is 0.872. The Hall–Kier alpha value is -1.13. The van der Waals surface area contributed by atoms with Crippen molar-refractivity contribution < 1.29 is 0 Å². The molecule has 0 N–H and O–H groups in total. The highest BCUT2D eigenvalue weighted by Crippen LogP contribution is 2.20. The van der Waals surface area contributed by atoms with Gasteiger partial charge in [0.15, 0.2) is 4.77 Å². The van der Waals surface area contributed by atoms with Crippen molar-refractivity contribution in [2.45, 2.75) is 26.4 Å². The molecule has 0 bridgehead atoms. The van der Waals surface area contributed by atoms with Crippen LogP contribution in [-0.4, -0.2) is 27.1 Å². The Kier molecular flexibility index (Phi) is 3.46. The number of hydrogen-bond donors (Lipinski definition) is 0. The molecular weight excluding hydrogens is 254 g/mol. The third kappa shape index (κ3) is 2.35. The molecule has 1 aromatic carbocycles. The SMILES string of the molecule is CC1CCN(Cn2c(=S)n(C)c3ccccc32)CC1. The average molecular weight is 275 g/mol. The molecule has 2 aromatic rings. The van der Waals surface area contributed by atoms with Crippen LogP contribution in [0.15, 0.2) is 24.3 Å². The number of rotatable bonds is 2. The number of hydrogen-bond acceptors (Lipinski definition) is 2. The Bertz CT molecular complexity index is 632. The fourth-order valence-corrected chi connectivity index (χ4v) is 3.16. The molecule has 0 saturated carbocycles. The molecule has 0 aliphatic carbocycles. The normalized spacial score (nSPS) is 18.2. The van der Waals surface area contributed by atoms with Crippen LogP contribution in [0.2, 0.25) is 0 Å². The average Bonchev–Trinajstić information content (AvgIpc) is 2.67. The molecule has 0 radical (unpaired) electrons. The van der Waals surface area contributed by atoms with Crippen LogP contribution in [0.1, 0.15) is 19.8 Å². The molecule has 19 heavy (non-hydrogen) atoms. The highest BCUT2D eigenvalue weighted by molar-refractivity contribution is 7.71. The van der Waals surface area contributed by atoms with E-state index in [1.54, 1.807) is 0 Å². The number of aryl methyl sites for hydroxylation is 1. The van der Waals surface area contributed by atoms with Gasteiger partial charge in [-0.25, -0.2) is 0 Å². The minimum Gasteiger partial charge on any atom is -0.320 e. The largest absolute Gasteiger partial charge is 0.320 e. The second-order valence-electron chi connectivity index (χ2n) is 5.70. The van der Waals surface area contributed by atoms with Gasteiger partial charge in [0.2, 0.25) is 0 Å². The van der Waals surface area contributed by atoms with Gasteiger partial charge in [0.05, 0.1) is 17.7 Å². The summed E-state index contributed by atoms with van der Waals surface area (Å²) in [6.45, 7) is 5.64. The van der Waals surface area contributed by atoms with E-state index in [0.717, 1.165) is 17.4 Å². The van der Waals surface area contributed by atoms with E-state index in [4.69, 9.17) is 12.2 Å². The predicted molar refractivity (Wildman–Crippen MR) is 81.7 cm³/mol. The standard InChI is InChI=1S/C15H21N3S/c1-12-7-9-17(10-8-12)11-18-14-6-4-3-5-13(14)16(2)15(18)19/h3-6,12H,7-11H2,1-2H3. The van der Waals surface area contributed by atoms with Gasteiger partial charge in [-0.15, -0.1) is 0 Å². The van der Waals surface area contributed by atoms with Crippen molar-refractivity contribution in [3.8, 4) is 0 Å². The molecule has 102 valence electrons. The lowest BCUT2D eigenvalue weighted by Gasteiger charge is -2.30. The lowest BCUT2D eigenvalue weighted by atomic mass is 10.00. The van der Waals surface area contributed by atoms with Crippen LogP contribution in [0.4, 0.5) is 0 Å². The topological polar surface area (TPSA) is 13.1 Å². The Balaban J connectivity index is 1.93. The summed E-state index contributed by atoms with van der Waals surface area (Å²) in [6.07, 6.45) is 2.61. The summed E-state index contributed by atoms with van der Waals surface area (Å²) in [5, 5.41) is 0. The summed E-state index contributed by atoms with van der Waals surface area (Å²) in [5.41, 5.74) is 2.46. The number of benzene rings is 1. The van der Waals surface area contributed by atoms with Crippen molar-refractivity contribution in [1.29, 1.82) is 0 Å². The molecular formula is C15H21N3S. The van der Waals surface area contributed by atoms with E-state index in [-0.39, 0.29) is 0 Å². The number of imidazole rings is 1. The molecule has 0 spiro atoms. The van der Waals surface area contributed by atoms with Crippen molar-refractivity contribution in [1.82, 2.24) is 14.0 Å². The number of aromatic nitrogens is 2. The number of fused-ring (bicyclic) bond motifs is 1. The first-order valence-corrected chi connectivity index (χ1v) is 7.44. The van der Waals surface area contributed by atoms with Crippen LogP contribution in [-0.2, 0) is 13.7 Å². The van der Waals surface area contributed by atoms with Gasteiger partial charge >= 0.3 is 0 Å². The van der Waals surface area contributed by atoms with E-state index in [9.17, 15) is 0 Å². The van der Waals surface area contributed by atoms with E-state index in [2.05, 4.69) is 52.3 Å². The van der Waals surface area contributed by atoms with Crippen LogP contribution in [0.3, 0.4) is 0 Å². The second kappa shape index (κ2) is 5.10.